The number of primary amides is 2. The van der Waals surface area contributed by atoms with E-state index in [1.54, 1.807) is 18.2 Å². The molecule has 0 radical (unpaired) electrons. The molecule has 0 spiro atoms. The maximum atomic E-state index is 13.0. The van der Waals surface area contributed by atoms with Crippen molar-refractivity contribution < 1.29 is 28.6 Å². The lowest BCUT2D eigenvalue weighted by molar-refractivity contribution is -0.150. The van der Waals surface area contributed by atoms with E-state index in [-0.39, 0.29) is 12.4 Å². The van der Waals surface area contributed by atoms with Crippen molar-refractivity contribution in [2.75, 3.05) is 13.9 Å². The Hall–Kier alpha value is -4.00. The summed E-state index contributed by atoms with van der Waals surface area (Å²) in [5.41, 5.74) is 9.85. The lowest BCUT2D eigenvalue weighted by atomic mass is 9.68. The van der Waals surface area contributed by atoms with Crippen LogP contribution in [0.25, 0.3) is 0 Å². The molecule has 10 heteroatoms. The normalized spacial score (nSPS) is 28.3. The van der Waals surface area contributed by atoms with Crippen LogP contribution >= 0.6 is 0 Å². The number of esters is 1. The first-order valence-corrected chi connectivity index (χ1v) is 9.01. The van der Waals surface area contributed by atoms with Gasteiger partial charge >= 0.3 is 5.97 Å². The molecule has 0 bridgehead atoms. The fourth-order valence-electron chi connectivity index (χ4n) is 4.43. The van der Waals surface area contributed by atoms with E-state index in [4.69, 9.17) is 25.7 Å². The first-order chi connectivity index (χ1) is 14.3. The topological polar surface area (TPSA) is 158 Å². The average molecular weight is 410 g/mol. The largest absolute Gasteiger partial charge is 0.468 e. The lowest BCUT2D eigenvalue weighted by Crippen LogP contribution is -2.45. The molecule has 3 aliphatic rings. The Labute approximate surface area is 171 Å². The molecule has 2 amide bonds. The van der Waals surface area contributed by atoms with Crippen molar-refractivity contribution in [1.29, 1.82) is 5.26 Å². The molecule has 3 heterocycles. The number of hydrogen-bond acceptors (Lipinski definition) is 8. The summed E-state index contributed by atoms with van der Waals surface area (Å²) in [4.78, 5) is 38.7. The van der Waals surface area contributed by atoms with Crippen LogP contribution in [0, 0.1) is 16.7 Å². The van der Waals surface area contributed by atoms with E-state index in [0.29, 0.717) is 17.1 Å². The fourth-order valence-corrected chi connectivity index (χ4v) is 4.43. The van der Waals surface area contributed by atoms with Gasteiger partial charge in [-0.3, -0.25) is 14.4 Å². The van der Waals surface area contributed by atoms with Gasteiger partial charge in [-0.2, -0.15) is 5.26 Å². The summed E-state index contributed by atoms with van der Waals surface area (Å²) in [7, 11) is 1.16. The summed E-state index contributed by atoms with van der Waals surface area (Å²) in [5.74, 6) is -2.42. The molecule has 4 N–H and O–H groups in total. The molecule has 0 saturated carbocycles. The predicted molar refractivity (Wildman–Crippen MR) is 100 cm³/mol. The lowest BCUT2D eigenvalue weighted by Gasteiger charge is -2.32. The second kappa shape index (κ2) is 6.81. The molecular formula is C20H18N4O6. The highest BCUT2D eigenvalue weighted by atomic mass is 16.7. The Morgan fingerprint density at radius 3 is 2.63 bits per heavy atom. The van der Waals surface area contributed by atoms with Crippen LogP contribution in [0.15, 0.2) is 42.1 Å². The van der Waals surface area contributed by atoms with Crippen LogP contribution in [0.4, 0.5) is 0 Å². The molecule has 1 aromatic rings. The van der Waals surface area contributed by atoms with E-state index in [9.17, 15) is 19.6 Å². The number of nitrogens with zero attached hydrogens (tertiary/aromatic N) is 2. The number of rotatable bonds is 4. The van der Waals surface area contributed by atoms with E-state index in [0.717, 1.165) is 7.11 Å². The number of fused-ring (bicyclic) bond motifs is 2. The maximum Gasteiger partial charge on any atom is 0.329 e. The molecule has 0 aliphatic carbocycles. The fraction of sp³-hybridized carbons (Fsp3) is 0.300. The quantitative estimate of drug-likeness (QED) is 0.638. The van der Waals surface area contributed by atoms with Gasteiger partial charge in [0.1, 0.15) is 6.04 Å². The van der Waals surface area contributed by atoms with Crippen LogP contribution in [0.3, 0.4) is 0 Å². The van der Waals surface area contributed by atoms with E-state index in [1.807, 2.05) is 0 Å². The number of hydrogen-bond donors (Lipinski definition) is 2. The highest BCUT2D eigenvalue weighted by Crippen LogP contribution is 2.54. The highest BCUT2D eigenvalue weighted by molar-refractivity contribution is 5.96. The second-order valence-corrected chi connectivity index (χ2v) is 7.11. The van der Waals surface area contributed by atoms with Crippen LogP contribution < -0.4 is 20.9 Å². The van der Waals surface area contributed by atoms with Crippen LogP contribution in [-0.4, -0.2) is 48.7 Å². The monoisotopic (exact) mass is 410 g/mol. The van der Waals surface area contributed by atoms with E-state index in [1.165, 1.54) is 23.3 Å². The molecule has 30 heavy (non-hydrogen) atoms. The minimum absolute atomic E-state index is 0.0330. The third-order valence-electron chi connectivity index (χ3n) is 5.70. The Morgan fingerprint density at radius 1 is 1.27 bits per heavy atom. The van der Waals surface area contributed by atoms with Crippen molar-refractivity contribution in [3.63, 3.8) is 0 Å². The van der Waals surface area contributed by atoms with Gasteiger partial charge in [0.25, 0.3) is 0 Å². The van der Waals surface area contributed by atoms with Crippen molar-refractivity contribution in [2.24, 2.45) is 16.9 Å². The van der Waals surface area contributed by atoms with Crippen molar-refractivity contribution in [2.45, 2.75) is 18.0 Å². The molecule has 0 unspecified atom stereocenters. The number of benzene rings is 1. The molecule has 0 aromatic heterocycles. The van der Waals surface area contributed by atoms with Crippen LogP contribution in [-0.2, 0) is 19.1 Å². The van der Waals surface area contributed by atoms with Gasteiger partial charge in [-0.15, -0.1) is 0 Å². The molecule has 1 aromatic carbocycles. The van der Waals surface area contributed by atoms with Crippen molar-refractivity contribution >= 4 is 17.8 Å². The second-order valence-electron chi connectivity index (χ2n) is 7.11. The molecule has 10 nitrogen and oxygen atoms in total. The third-order valence-corrected chi connectivity index (χ3v) is 5.70. The summed E-state index contributed by atoms with van der Waals surface area (Å²) in [6, 6.07) is 4.92. The number of carbonyl (C=O) groups excluding carboxylic acids is 3. The van der Waals surface area contributed by atoms with Gasteiger partial charge in [-0.25, -0.2) is 0 Å². The number of nitriles is 1. The van der Waals surface area contributed by atoms with Crippen LogP contribution in [0.5, 0.6) is 11.5 Å². The van der Waals surface area contributed by atoms with Crippen LogP contribution in [0.1, 0.15) is 11.5 Å². The van der Waals surface area contributed by atoms with E-state index in [2.05, 4.69) is 6.07 Å². The Bertz CT molecular complexity index is 1060. The standard InChI is InChI=1S/C20H18N4O6/c1-28-19(27)20(8-21)14-5-3-11(17(22)25)7-24(14)16(18(23)26)15(20)10-2-4-12-13(6-10)30-9-29-12/h2-7,14-16H,9H2,1H3,(H2,22,25)(H2,23,26)/t14-,15-,16+,20-/m0/s1. The number of carbonyl (C=O) groups is 3. The highest BCUT2D eigenvalue weighted by Gasteiger charge is 2.66. The molecule has 4 atom stereocenters. The Morgan fingerprint density at radius 2 is 2.00 bits per heavy atom. The van der Waals surface area contributed by atoms with Gasteiger partial charge in [0, 0.05) is 12.1 Å². The summed E-state index contributed by atoms with van der Waals surface area (Å²) >= 11 is 0. The van der Waals surface area contributed by atoms with Gasteiger partial charge in [-0.05, 0) is 23.8 Å². The number of methoxy groups -OCH3 is 1. The van der Waals surface area contributed by atoms with Gasteiger partial charge in [-0.1, -0.05) is 12.1 Å². The number of nitrogens with two attached hydrogens (primary N) is 2. The molecule has 3 aliphatic heterocycles. The van der Waals surface area contributed by atoms with E-state index < -0.39 is 41.2 Å². The summed E-state index contributed by atoms with van der Waals surface area (Å²) < 4.78 is 15.7. The van der Waals surface area contributed by atoms with Crippen LogP contribution in [0.2, 0.25) is 0 Å². The summed E-state index contributed by atoms with van der Waals surface area (Å²) in [6.07, 6.45) is 4.26. The van der Waals surface area contributed by atoms with Gasteiger partial charge < -0.3 is 30.6 Å². The van der Waals surface area contributed by atoms with Crippen molar-refractivity contribution in [3.05, 3.63) is 47.7 Å². The molecular weight excluding hydrogens is 392 g/mol. The van der Waals surface area contributed by atoms with Gasteiger partial charge in [0.2, 0.25) is 18.6 Å². The smallest absolute Gasteiger partial charge is 0.329 e. The minimum atomic E-state index is -1.82. The van der Waals surface area contributed by atoms with E-state index >= 15 is 0 Å². The summed E-state index contributed by atoms with van der Waals surface area (Å²) in [6.45, 7) is 0.0330. The molecule has 1 saturated heterocycles. The third kappa shape index (κ3) is 2.52. The molecule has 1 fully saturated rings. The first kappa shape index (κ1) is 19.3. The Kier molecular flexibility index (Phi) is 4.38. The summed E-state index contributed by atoms with van der Waals surface area (Å²) in [5, 5.41) is 10.2. The van der Waals surface area contributed by atoms with Gasteiger partial charge in [0.15, 0.2) is 16.9 Å². The average Bonchev–Trinajstić information content (AvgIpc) is 3.32. The SMILES string of the molecule is COC(=O)[C@@]1(C#N)[C@@H]2C=CC(C(N)=O)=CN2[C@@H](C(N)=O)[C@@H]1c1ccc2c(c1)OCO2. The van der Waals surface area contributed by atoms with Crippen molar-refractivity contribution in [1.82, 2.24) is 4.90 Å². The minimum Gasteiger partial charge on any atom is -0.468 e. The maximum absolute atomic E-state index is 13.0. The molecule has 4 rings (SSSR count). The zero-order valence-corrected chi connectivity index (χ0v) is 15.9. The zero-order chi connectivity index (χ0) is 21.6. The van der Waals surface area contributed by atoms with Crippen molar-refractivity contribution in [3.8, 4) is 17.6 Å². The zero-order valence-electron chi connectivity index (χ0n) is 15.9. The first-order valence-electron chi connectivity index (χ1n) is 9.01. The number of amides is 2. The van der Waals surface area contributed by atoms with Gasteiger partial charge in [0.05, 0.1) is 24.8 Å². The molecule has 154 valence electrons. The predicted octanol–water partition coefficient (Wildman–Crippen LogP) is -0.341. The number of ether oxygens (including phenoxy) is 3. The Balaban J connectivity index is 1.96.